The van der Waals surface area contributed by atoms with Gasteiger partial charge >= 0.3 is 5.91 Å². The highest BCUT2D eigenvalue weighted by molar-refractivity contribution is 7.22. The second-order valence-electron chi connectivity index (χ2n) is 9.00. The summed E-state index contributed by atoms with van der Waals surface area (Å²) in [4.78, 5) is 32.8. The molecule has 6 rings (SSSR count). The van der Waals surface area contributed by atoms with E-state index in [4.69, 9.17) is 14.5 Å². The van der Waals surface area contributed by atoms with Crippen LogP contribution < -0.4 is 14.4 Å². The van der Waals surface area contributed by atoms with Gasteiger partial charge in [0.1, 0.15) is 24.8 Å². The summed E-state index contributed by atoms with van der Waals surface area (Å²) in [5.41, 5.74) is 3.38. The molecule has 1 fully saturated rings. The Morgan fingerprint density at radius 1 is 1.03 bits per heavy atom. The van der Waals surface area contributed by atoms with Gasteiger partial charge in [0.15, 0.2) is 16.6 Å². The molecule has 4 aromatic rings. The smallest absolute Gasteiger partial charge is 0.301 e. The van der Waals surface area contributed by atoms with Gasteiger partial charge < -0.3 is 14.6 Å². The fourth-order valence-electron chi connectivity index (χ4n) is 4.80. The summed E-state index contributed by atoms with van der Waals surface area (Å²) >= 11 is 1.29. The number of aliphatic hydroxyl groups excluding tert-OH is 1. The monoisotopic (exact) mass is 516 g/mol. The number of aryl methyl sites for hydroxylation is 2. The first-order valence-corrected chi connectivity index (χ1v) is 12.5. The topological polar surface area (TPSA) is 89.0 Å². The Morgan fingerprint density at radius 3 is 2.51 bits per heavy atom. The highest BCUT2D eigenvalue weighted by atomic mass is 32.1. The average molecular weight is 517 g/mol. The van der Waals surface area contributed by atoms with Crippen LogP contribution in [0.3, 0.4) is 0 Å². The number of ketones is 1. The molecule has 0 saturated carbocycles. The maximum atomic E-state index is 13.8. The first kappa shape index (κ1) is 23.2. The molecule has 3 heterocycles. The van der Waals surface area contributed by atoms with Crippen molar-refractivity contribution in [3.8, 4) is 11.5 Å². The third-order valence-corrected chi connectivity index (χ3v) is 7.47. The largest absolute Gasteiger partial charge is 0.507 e. The minimum absolute atomic E-state index is 0.111. The number of hydrogen-bond acceptors (Lipinski definition) is 7. The molecule has 186 valence electrons. The Hall–Kier alpha value is -4.24. The van der Waals surface area contributed by atoms with E-state index < -0.39 is 23.5 Å². The number of ether oxygens (including phenoxy) is 2. The minimum atomic E-state index is -1.00. The van der Waals surface area contributed by atoms with E-state index in [1.807, 2.05) is 26.0 Å². The Labute approximate surface area is 215 Å². The highest BCUT2D eigenvalue weighted by Gasteiger charge is 2.48. The van der Waals surface area contributed by atoms with Gasteiger partial charge in [0.05, 0.1) is 21.8 Å². The zero-order valence-corrected chi connectivity index (χ0v) is 20.8. The zero-order chi connectivity index (χ0) is 25.8. The van der Waals surface area contributed by atoms with Gasteiger partial charge in [-0.1, -0.05) is 29.5 Å². The van der Waals surface area contributed by atoms with Crippen LogP contribution in [0.4, 0.5) is 9.52 Å². The van der Waals surface area contributed by atoms with Crippen LogP contribution in [0.15, 0.2) is 60.2 Å². The molecular weight excluding hydrogens is 495 g/mol. The van der Waals surface area contributed by atoms with Gasteiger partial charge in [-0.25, -0.2) is 9.37 Å². The molecule has 0 aliphatic carbocycles. The van der Waals surface area contributed by atoms with Crippen LogP contribution in [-0.4, -0.2) is 35.0 Å². The summed E-state index contributed by atoms with van der Waals surface area (Å²) in [6.07, 6.45) is 0. The predicted molar refractivity (Wildman–Crippen MR) is 138 cm³/mol. The van der Waals surface area contributed by atoms with Gasteiger partial charge in [0.2, 0.25) is 0 Å². The van der Waals surface area contributed by atoms with Crippen LogP contribution in [-0.2, 0) is 9.59 Å². The predicted octanol–water partition coefficient (Wildman–Crippen LogP) is 5.45. The molecule has 2 aliphatic heterocycles. The molecule has 1 saturated heterocycles. The molecular formula is C28H21FN2O5S. The van der Waals surface area contributed by atoms with Gasteiger partial charge in [-0.15, -0.1) is 0 Å². The number of thiazole rings is 1. The molecule has 1 N–H and O–H groups in total. The molecule has 2 aliphatic rings. The summed E-state index contributed by atoms with van der Waals surface area (Å²) in [6, 6.07) is 13.3. The van der Waals surface area contributed by atoms with Crippen molar-refractivity contribution >= 4 is 44.1 Å². The van der Waals surface area contributed by atoms with Gasteiger partial charge in [-0.2, -0.15) is 0 Å². The van der Waals surface area contributed by atoms with Crippen LogP contribution in [0.5, 0.6) is 11.5 Å². The van der Waals surface area contributed by atoms with E-state index in [-0.39, 0.29) is 11.3 Å². The fourth-order valence-corrected chi connectivity index (χ4v) is 5.97. The van der Waals surface area contributed by atoms with Gasteiger partial charge in [0, 0.05) is 5.56 Å². The number of fused-ring (bicyclic) bond motifs is 2. The summed E-state index contributed by atoms with van der Waals surface area (Å²) in [5, 5.41) is 11.7. The van der Waals surface area contributed by atoms with Crippen molar-refractivity contribution in [3.63, 3.8) is 0 Å². The lowest BCUT2D eigenvalue weighted by Crippen LogP contribution is -2.29. The molecule has 3 aromatic carbocycles. The highest BCUT2D eigenvalue weighted by Crippen LogP contribution is 2.45. The van der Waals surface area contributed by atoms with Crippen LogP contribution >= 0.6 is 11.3 Å². The maximum absolute atomic E-state index is 13.8. The molecule has 9 heteroatoms. The number of carbonyl (C=O) groups is 2. The molecule has 1 aromatic heterocycles. The van der Waals surface area contributed by atoms with E-state index in [1.54, 1.807) is 18.2 Å². The van der Waals surface area contributed by atoms with Crippen molar-refractivity contribution in [1.82, 2.24) is 4.98 Å². The molecule has 7 nitrogen and oxygen atoms in total. The van der Waals surface area contributed by atoms with Crippen LogP contribution in [0.25, 0.3) is 16.0 Å². The summed E-state index contributed by atoms with van der Waals surface area (Å²) in [6.45, 7) is 4.68. The van der Waals surface area contributed by atoms with E-state index in [0.29, 0.717) is 41.0 Å². The number of benzene rings is 3. The van der Waals surface area contributed by atoms with Crippen LogP contribution in [0.2, 0.25) is 0 Å². The number of aromatic nitrogens is 1. The molecule has 37 heavy (non-hydrogen) atoms. The van der Waals surface area contributed by atoms with Gasteiger partial charge in [0.25, 0.3) is 5.78 Å². The van der Waals surface area contributed by atoms with E-state index in [2.05, 4.69) is 0 Å². The van der Waals surface area contributed by atoms with Crippen molar-refractivity contribution in [1.29, 1.82) is 0 Å². The second-order valence-corrected chi connectivity index (χ2v) is 10.0. The average Bonchev–Trinajstić information content (AvgIpc) is 3.42. The van der Waals surface area contributed by atoms with E-state index in [0.717, 1.165) is 21.3 Å². The SMILES string of the molecule is Cc1cc(C)c2nc(N3C(=O)C(=O)/C(=C(\O)c4ccc5c(c4)OCCO5)C3c3ccc(F)cc3)sc2c1. The Kier molecular flexibility index (Phi) is 5.45. The minimum Gasteiger partial charge on any atom is -0.507 e. The number of aliphatic hydroxyl groups is 1. The Bertz CT molecular complexity index is 1630. The molecule has 0 bridgehead atoms. The number of amides is 1. The number of Topliss-reactive ketones (excluding diaryl/α,β-unsaturated/α-hetero) is 1. The zero-order valence-electron chi connectivity index (χ0n) is 19.9. The van der Waals surface area contributed by atoms with Crippen molar-refractivity contribution < 1.29 is 28.6 Å². The van der Waals surface area contributed by atoms with E-state index >= 15 is 0 Å². The molecule has 0 spiro atoms. The number of rotatable bonds is 3. The Balaban J connectivity index is 1.55. The first-order valence-electron chi connectivity index (χ1n) is 11.7. The molecule has 0 radical (unpaired) electrons. The molecule has 1 amide bonds. The number of nitrogens with zero attached hydrogens (tertiary/aromatic N) is 2. The Morgan fingerprint density at radius 2 is 1.76 bits per heavy atom. The fraction of sp³-hybridized carbons (Fsp3) is 0.179. The van der Waals surface area contributed by atoms with E-state index in [1.165, 1.54) is 40.5 Å². The van der Waals surface area contributed by atoms with Crippen LogP contribution in [0, 0.1) is 19.7 Å². The van der Waals surface area contributed by atoms with Crippen molar-refractivity contribution in [2.24, 2.45) is 0 Å². The summed E-state index contributed by atoms with van der Waals surface area (Å²) < 4.78 is 25.9. The number of hydrogen-bond donors (Lipinski definition) is 1. The van der Waals surface area contributed by atoms with E-state index in [9.17, 15) is 19.1 Å². The lowest BCUT2D eigenvalue weighted by Gasteiger charge is -2.23. The normalized spacial score (nSPS) is 18.6. The number of halogens is 1. The van der Waals surface area contributed by atoms with Crippen molar-refractivity contribution in [2.75, 3.05) is 18.1 Å². The van der Waals surface area contributed by atoms with Crippen molar-refractivity contribution in [2.45, 2.75) is 19.9 Å². The standard InChI is InChI=1S/C28H21FN2O5S/c1-14-11-15(2)23-21(12-14)37-28(30-23)31-24(16-3-6-18(29)7-4-16)22(26(33)27(31)34)25(32)17-5-8-19-20(13-17)36-10-9-35-19/h3-8,11-13,24,32H,9-10H2,1-2H3/b25-22-. The van der Waals surface area contributed by atoms with Crippen LogP contribution in [0.1, 0.15) is 28.3 Å². The van der Waals surface area contributed by atoms with Crippen molar-refractivity contribution in [3.05, 3.63) is 88.2 Å². The third-order valence-electron chi connectivity index (χ3n) is 6.47. The first-order chi connectivity index (χ1) is 17.8. The molecule has 1 atom stereocenters. The lowest BCUT2D eigenvalue weighted by atomic mass is 9.95. The maximum Gasteiger partial charge on any atom is 0.301 e. The quantitative estimate of drug-likeness (QED) is 0.221. The third kappa shape index (κ3) is 3.82. The number of carbonyl (C=O) groups excluding carboxylic acids is 2. The lowest BCUT2D eigenvalue weighted by molar-refractivity contribution is -0.132. The summed E-state index contributed by atoms with van der Waals surface area (Å²) in [7, 11) is 0. The summed E-state index contributed by atoms with van der Waals surface area (Å²) in [5.74, 6) is -1.53. The second kappa shape index (κ2) is 8.70. The molecule has 1 unspecified atom stereocenters. The van der Waals surface area contributed by atoms with Gasteiger partial charge in [-0.05, 0) is 66.9 Å². The van der Waals surface area contributed by atoms with Gasteiger partial charge in [-0.3, -0.25) is 14.5 Å². The number of anilines is 1.